The van der Waals surface area contributed by atoms with E-state index in [-0.39, 0.29) is 0 Å². The third-order valence-electron chi connectivity index (χ3n) is 1.87. The van der Waals surface area contributed by atoms with Gasteiger partial charge in [0.1, 0.15) is 5.82 Å². The molecule has 0 saturated heterocycles. The molecule has 1 heterocycles. The number of nitrogens with one attached hydrogen (secondary N) is 1. The van der Waals surface area contributed by atoms with Gasteiger partial charge in [-0.3, -0.25) is 0 Å². The average Bonchev–Trinajstić information content (AvgIpc) is 2.18. The van der Waals surface area contributed by atoms with Crippen LogP contribution in [0.5, 0.6) is 0 Å². The molecule has 0 saturated carbocycles. The first-order chi connectivity index (χ1) is 6.83. The second-order valence-electron chi connectivity index (χ2n) is 3.09. The zero-order chi connectivity index (χ0) is 10.2. The average molecular weight is 195 g/mol. The lowest BCUT2D eigenvalue weighted by atomic mass is 10.3. The molecule has 0 unspecified atom stereocenters. The molecule has 1 rings (SSSR count). The van der Waals surface area contributed by atoms with Gasteiger partial charge in [0.2, 0.25) is 0 Å². The van der Waals surface area contributed by atoms with E-state index in [0.717, 1.165) is 37.6 Å². The number of nitrogens with zero attached hydrogens (tertiary/aromatic N) is 2. The molecule has 14 heavy (non-hydrogen) atoms. The van der Waals surface area contributed by atoms with Crippen molar-refractivity contribution in [1.82, 2.24) is 15.3 Å². The van der Waals surface area contributed by atoms with Gasteiger partial charge in [-0.2, -0.15) is 0 Å². The Morgan fingerprint density at radius 3 is 3.00 bits per heavy atom. The zero-order valence-corrected chi connectivity index (χ0v) is 8.79. The minimum Gasteiger partial charge on any atom is -0.383 e. The molecular formula is C10H17N3O. The Hall–Kier alpha value is -1.00. The number of hydrogen-bond acceptors (Lipinski definition) is 4. The summed E-state index contributed by atoms with van der Waals surface area (Å²) in [5.41, 5.74) is 1.09. The smallest absolute Gasteiger partial charge is 0.125 e. The van der Waals surface area contributed by atoms with Crippen LogP contribution < -0.4 is 5.32 Å². The van der Waals surface area contributed by atoms with Crippen LogP contribution in [0.3, 0.4) is 0 Å². The summed E-state index contributed by atoms with van der Waals surface area (Å²) < 4.78 is 4.93. The number of methoxy groups -OCH3 is 1. The van der Waals surface area contributed by atoms with Crippen molar-refractivity contribution in [3.63, 3.8) is 0 Å². The van der Waals surface area contributed by atoms with Gasteiger partial charge in [-0.25, -0.2) is 9.97 Å². The molecule has 78 valence electrons. The van der Waals surface area contributed by atoms with E-state index in [0.29, 0.717) is 0 Å². The molecule has 0 aliphatic heterocycles. The van der Waals surface area contributed by atoms with Crippen LogP contribution in [0.4, 0.5) is 0 Å². The van der Waals surface area contributed by atoms with Gasteiger partial charge in [-0.15, -0.1) is 0 Å². The number of rotatable bonds is 6. The molecule has 4 heteroatoms. The van der Waals surface area contributed by atoms with Gasteiger partial charge in [0.15, 0.2) is 0 Å². The number of hydrogen-bond donors (Lipinski definition) is 1. The van der Waals surface area contributed by atoms with Crippen molar-refractivity contribution in [3.8, 4) is 0 Å². The van der Waals surface area contributed by atoms with E-state index in [2.05, 4.69) is 15.3 Å². The maximum Gasteiger partial charge on any atom is 0.125 e. The van der Waals surface area contributed by atoms with Gasteiger partial charge >= 0.3 is 0 Å². The Bertz CT molecular complexity index is 265. The maximum absolute atomic E-state index is 4.93. The molecule has 0 aromatic carbocycles. The largest absolute Gasteiger partial charge is 0.383 e. The van der Waals surface area contributed by atoms with Gasteiger partial charge in [0.25, 0.3) is 0 Å². The van der Waals surface area contributed by atoms with Gasteiger partial charge < -0.3 is 10.1 Å². The predicted molar refractivity (Wildman–Crippen MR) is 55.2 cm³/mol. The molecule has 1 N–H and O–H groups in total. The topological polar surface area (TPSA) is 47.0 Å². The Kier molecular flexibility index (Phi) is 5.11. The Balaban J connectivity index is 2.18. The van der Waals surface area contributed by atoms with Crippen LogP contribution in [0.2, 0.25) is 0 Å². The first kappa shape index (κ1) is 11.1. The van der Waals surface area contributed by atoms with Gasteiger partial charge in [0, 0.05) is 38.5 Å². The summed E-state index contributed by atoms with van der Waals surface area (Å²) in [6, 6.07) is 1.95. The second-order valence-corrected chi connectivity index (χ2v) is 3.09. The van der Waals surface area contributed by atoms with E-state index in [4.69, 9.17) is 4.74 Å². The van der Waals surface area contributed by atoms with E-state index in [9.17, 15) is 0 Å². The standard InChI is InChI=1S/C10H17N3O/c1-9-12-6-4-10(13-9)3-5-11-7-8-14-2/h4,6,11H,3,5,7-8H2,1-2H3. The van der Waals surface area contributed by atoms with Crippen molar-refractivity contribution < 1.29 is 4.74 Å². The molecule has 0 radical (unpaired) electrons. The van der Waals surface area contributed by atoms with Gasteiger partial charge in [-0.1, -0.05) is 0 Å². The lowest BCUT2D eigenvalue weighted by Crippen LogP contribution is -2.22. The summed E-state index contributed by atoms with van der Waals surface area (Å²) in [6.45, 7) is 4.48. The second kappa shape index (κ2) is 6.45. The van der Waals surface area contributed by atoms with Crippen molar-refractivity contribution in [2.24, 2.45) is 0 Å². The van der Waals surface area contributed by atoms with Crippen LogP contribution in [0.1, 0.15) is 11.5 Å². The number of aromatic nitrogens is 2. The first-order valence-corrected chi connectivity index (χ1v) is 4.81. The highest BCUT2D eigenvalue weighted by molar-refractivity contribution is 5.01. The van der Waals surface area contributed by atoms with E-state index in [1.165, 1.54) is 0 Å². The van der Waals surface area contributed by atoms with Crippen molar-refractivity contribution in [2.45, 2.75) is 13.3 Å². The molecule has 4 nitrogen and oxygen atoms in total. The highest BCUT2D eigenvalue weighted by Crippen LogP contribution is 1.94. The van der Waals surface area contributed by atoms with Gasteiger partial charge in [0.05, 0.1) is 6.61 Å². The molecule has 0 bridgehead atoms. The van der Waals surface area contributed by atoms with Crippen LogP contribution in [-0.2, 0) is 11.2 Å². The van der Waals surface area contributed by atoms with Crippen LogP contribution in [0.25, 0.3) is 0 Å². The minimum absolute atomic E-state index is 0.753. The minimum atomic E-state index is 0.753. The molecule has 0 spiro atoms. The SMILES string of the molecule is COCCNCCc1ccnc(C)n1. The zero-order valence-electron chi connectivity index (χ0n) is 8.79. The third kappa shape index (κ3) is 4.30. The summed E-state index contributed by atoms with van der Waals surface area (Å²) in [5, 5.41) is 3.27. The summed E-state index contributed by atoms with van der Waals surface area (Å²) in [4.78, 5) is 8.35. The molecule has 0 amide bonds. The molecule has 0 aliphatic rings. The molecular weight excluding hydrogens is 178 g/mol. The third-order valence-corrected chi connectivity index (χ3v) is 1.87. The quantitative estimate of drug-likeness (QED) is 0.674. The van der Waals surface area contributed by atoms with Crippen LogP contribution in [-0.4, -0.2) is 36.8 Å². The van der Waals surface area contributed by atoms with Crippen molar-refractivity contribution in [2.75, 3.05) is 26.8 Å². The molecule has 0 aliphatic carbocycles. The number of ether oxygens (including phenoxy) is 1. The summed E-state index contributed by atoms with van der Waals surface area (Å²) in [5.74, 6) is 0.833. The predicted octanol–water partition coefficient (Wildman–Crippen LogP) is 0.564. The van der Waals surface area contributed by atoms with Crippen LogP contribution in [0.15, 0.2) is 12.3 Å². The van der Waals surface area contributed by atoms with Crippen molar-refractivity contribution in [1.29, 1.82) is 0 Å². The van der Waals surface area contributed by atoms with Crippen molar-refractivity contribution in [3.05, 3.63) is 23.8 Å². The van der Waals surface area contributed by atoms with E-state index < -0.39 is 0 Å². The molecule has 1 aromatic heterocycles. The normalized spacial score (nSPS) is 10.4. The Morgan fingerprint density at radius 2 is 2.29 bits per heavy atom. The highest BCUT2D eigenvalue weighted by Gasteiger charge is 1.94. The van der Waals surface area contributed by atoms with E-state index in [1.54, 1.807) is 13.3 Å². The fourth-order valence-electron chi connectivity index (χ4n) is 1.16. The summed E-state index contributed by atoms with van der Waals surface area (Å²) >= 11 is 0. The molecule has 0 atom stereocenters. The fraction of sp³-hybridized carbons (Fsp3) is 0.600. The maximum atomic E-state index is 4.93. The Morgan fingerprint density at radius 1 is 1.43 bits per heavy atom. The first-order valence-electron chi connectivity index (χ1n) is 4.81. The Labute approximate surface area is 84.7 Å². The number of aryl methyl sites for hydroxylation is 1. The summed E-state index contributed by atoms with van der Waals surface area (Å²) in [7, 11) is 1.70. The molecule has 0 fully saturated rings. The monoisotopic (exact) mass is 195 g/mol. The molecule has 1 aromatic rings. The lowest BCUT2D eigenvalue weighted by molar-refractivity contribution is 0.199. The van der Waals surface area contributed by atoms with E-state index in [1.807, 2.05) is 13.0 Å². The highest BCUT2D eigenvalue weighted by atomic mass is 16.5. The van der Waals surface area contributed by atoms with Crippen molar-refractivity contribution >= 4 is 0 Å². The van der Waals surface area contributed by atoms with Gasteiger partial charge in [-0.05, 0) is 13.0 Å². The lowest BCUT2D eigenvalue weighted by Gasteiger charge is -2.03. The van der Waals surface area contributed by atoms with Crippen LogP contribution in [0, 0.1) is 6.92 Å². The fourth-order valence-corrected chi connectivity index (χ4v) is 1.16. The van der Waals surface area contributed by atoms with Crippen LogP contribution >= 0.6 is 0 Å². The summed E-state index contributed by atoms with van der Waals surface area (Å²) in [6.07, 6.45) is 2.74. The van der Waals surface area contributed by atoms with E-state index >= 15 is 0 Å².